The fourth-order valence-electron chi connectivity index (χ4n) is 2.42. The summed E-state index contributed by atoms with van der Waals surface area (Å²) >= 11 is 0. The number of carbonyl (C=O) groups is 1. The molecule has 0 aliphatic rings. The quantitative estimate of drug-likeness (QED) is 0.309. The van der Waals surface area contributed by atoms with E-state index >= 15 is 0 Å². The van der Waals surface area contributed by atoms with Crippen molar-refractivity contribution in [2.24, 2.45) is 5.73 Å². The van der Waals surface area contributed by atoms with Gasteiger partial charge in [-0.25, -0.2) is 0 Å². The minimum atomic E-state index is -0.982. The van der Waals surface area contributed by atoms with Crippen LogP contribution >= 0.6 is 0 Å². The minimum absolute atomic E-state index is 0.465. The molecule has 1 atom stereocenters. The summed E-state index contributed by atoms with van der Waals surface area (Å²) in [4.78, 5) is 10.6. The Morgan fingerprint density at radius 3 is 1.74 bits per heavy atom. The molecule has 3 nitrogen and oxygen atoms in total. The highest BCUT2D eigenvalue weighted by Crippen LogP contribution is 2.09. The van der Waals surface area contributed by atoms with Crippen molar-refractivity contribution in [3.05, 3.63) is 24.3 Å². The van der Waals surface area contributed by atoms with Gasteiger partial charge >= 0.3 is 0 Å². The molecule has 134 valence electrons. The number of aliphatic hydroxyl groups excluding tert-OH is 1. The predicted molar refractivity (Wildman–Crippen MR) is 99.2 cm³/mol. The Hall–Kier alpha value is -1.09. The number of allylic oxidation sites excluding steroid dienone is 4. The Bertz CT molecular complexity index is 324. The first-order chi connectivity index (χ1) is 11.2. The van der Waals surface area contributed by atoms with Crippen LogP contribution < -0.4 is 5.73 Å². The minimum Gasteiger partial charge on any atom is -0.383 e. The van der Waals surface area contributed by atoms with Gasteiger partial charge in [-0.2, -0.15) is 0 Å². The highest BCUT2D eigenvalue weighted by molar-refractivity contribution is 5.78. The van der Waals surface area contributed by atoms with Crippen molar-refractivity contribution in [2.75, 3.05) is 0 Å². The van der Waals surface area contributed by atoms with Gasteiger partial charge in [0, 0.05) is 0 Å². The third-order valence-electron chi connectivity index (χ3n) is 3.98. The molecule has 3 heteroatoms. The molecule has 0 aliphatic carbocycles. The zero-order chi connectivity index (χ0) is 17.2. The summed E-state index contributed by atoms with van der Waals surface area (Å²) in [7, 11) is 0. The van der Waals surface area contributed by atoms with Crippen LogP contribution in [0.4, 0.5) is 0 Å². The number of carbonyl (C=O) groups excluding carboxylic acids is 1. The normalized spacial score (nSPS) is 13.1. The van der Waals surface area contributed by atoms with Crippen LogP contribution in [-0.4, -0.2) is 17.1 Å². The first kappa shape index (κ1) is 21.9. The monoisotopic (exact) mass is 323 g/mol. The summed E-state index contributed by atoms with van der Waals surface area (Å²) in [5, 5.41) is 9.24. The molecule has 0 aromatic carbocycles. The second-order valence-corrected chi connectivity index (χ2v) is 6.28. The van der Waals surface area contributed by atoms with E-state index < -0.39 is 12.0 Å². The highest BCUT2D eigenvalue weighted by Gasteiger charge is 2.08. The van der Waals surface area contributed by atoms with Crippen molar-refractivity contribution in [1.29, 1.82) is 0 Å². The van der Waals surface area contributed by atoms with E-state index in [-0.39, 0.29) is 0 Å². The fraction of sp³-hybridized carbons (Fsp3) is 0.750. The Morgan fingerprint density at radius 1 is 0.826 bits per heavy atom. The largest absolute Gasteiger partial charge is 0.383 e. The van der Waals surface area contributed by atoms with E-state index in [1.165, 1.54) is 57.8 Å². The van der Waals surface area contributed by atoms with Crippen molar-refractivity contribution < 1.29 is 9.90 Å². The molecule has 0 aromatic heterocycles. The van der Waals surface area contributed by atoms with E-state index in [0.717, 1.165) is 19.3 Å². The van der Waals surface area contributed by atoms with Crippen LogP contribution in [-0.2, 0) is 4.79 Å². The Balaban J connectivity index is 3.22. The lowest BCUT2D eigenvalue weighted by molar-refractivity contribution is -0.126. The van der Waals surface area contributed by atoms with E-state index in [9.17, 15) is 9.90 Å². The molecule has 0 radical (unpaired) electrons. The molecule has 0 spiro atoms. The third-order valence-corrected chi connectivity index (χ3v) is 3.98. The summed E-state index contributed by atoms with van der Waals surface area (Å²) in [6.07, 6.45) is 23.0. The van der Waals surface area contributed by atoms with Gasteiger partial charge in [0.05, 0.1) is 0 Å². The SMILES string of the molecule is CCCCC=CCCCCCCCC=CCCCC(O)C(N)=O. The van der Waals surface area contributed by atoms with E-state index in [1.807, 2.05) is 0 Å². The lowest BCUT2D eigenvalue weighted by Gasteiger charge is -2.03. The van der Waals surface area contributed by atoms with Crippen molar-refractivity contribution in [3.63, 3.8) is 0 Å². The summed E-state index contributed by atoms with van der Waals surface area (Å²) in [6, 6.07) is 0. The van der Waals surface area contributed by atoms with Crippen molar-refractivity contribution in [3.8, 4) is 0 Å². The standard InChI is InChI=1S/C20H37NO2/c1-2-3-4-5-6-7-8-9-10-11-12-13-14-15-16-17-18-19(22)20(21)23/h5-6,14-15,19,22H,2-4,7-13,16-18H2,1H3,(H2,21,23). The van der Waals surface area contributed by atoms with Gasteiger partial charge in [-0.3, -0.25) is 4.79 Å². The fourth-order valence-corrected chi connectivity index (χ4v) is 2.42. The predicted octanol–water partition coefficient (Wildman–Crippen LogP) is 5.04. The number of rotatable bonds is 16. The van der Waals surface area contributed by atoms with Crippen LogP contribution in [0.1, 0.15) is 90.4 Å². The number of unbranched alkanes of at least 4 members (excludes halogenated alkanes) is 9. The summed E-state index contributed by atoms with van der Waals surface area (Å²) < 4.78 is 0. The molecule has 0 aromatic rings. The van der Waals surface area contributed by atoms with Crippen LogP contribution in [0.5, 0.6) is 0 Å². The van der Waals surface area contributed by atoms with E-state index in [2.05, 4.69) is 31.2 Å². The van der Waals surface area contributed by atoms with E-state index in [1.54, 1.807) is 0 Å². The molecule has 0 rings (SSSR count). The molecule has 0 aliphatic heterocycles. The molecular formula is C20H37NO2. The second kappa shape index (κ2) is 17.3. The van der Waals surface area contributed by atoms with Crippen LogP contribution in [0.3, 0.4) is 0 Å². The van der Waals surface area contributed by atoms with Gasteiger partial charge in [-0.15, -0.1) is 0 Å². The topological polar surface area (TPSA) is 63.3 Å². The molecule has 1 amide bonds. The average Bonchev–Trinajstić information content (AvgIpc) is 2.54. The number of hydrogen-bond donors (Lipinski definition) is 2. The van der Waals surface area contributed by atoms with Crippen LogP contribution in [0.2, 0.25) is 0 Å². The molecule has 23 heavy (non-hydrogen) atoms. The van der Waals surface area contributed by atoms with Crippen molar-refractivity contribution in [1.82, 2.24) is 0 Å². The number of nitrogens with two attached hydrogens (primary N) is 1. The van der Waals surface area contributed by atoms with Crippen molar-refractivity contribution in [2.45, 2.75) is 96.5 Å². The highest BCUT2D eigenvalue weighted by atomic mass is 16.3. The summed E-state index contributed by atoms with van der Waals surface area (Å²) in [6.45, 7) is 2.23. The zero-order valence-electron chi connectivity index (χ0n) is 15.0. The number of amides is 1. The third kappa shape index (κ3) is 17.1. The van der Waals surface area contributed by atoms with E-state index in [4.69, 9.17) is 5.73 Å². The first-order valence-electron chi connectivity index (χ1n) is 9.45. The van der Waals surface area contributed by atoms with Gasteiger partial charge in [-0.1, -0.05) is 63.3 Å². The van der Waals surface area contributed by atoms with E-state index in [0.29, 0.717) is 6.42 Å². The Kier molecular flexibility index (Phi) is 16.4. The van der Waals surface area contributed by atoms with Gasteiger partial charge in [0.15, 0.2) is 0 Å². The molecule has 0 heterocycles. The molecule has 0 saturated carbocycles. The maximum Gasteiger partial charge on any atom is 0.246 e. The van der Waals surface area contributed by atoms with Crippen LogP contribution in [0.25, 0.3) is 0 Å². The first-order valence-corrected chi connectivity index (χ1v) is 9.45. The molecule has 0 saturated heterocycles. The van der Waals surface area contributed by atoms with Crippen LogP contribution in [0.15, 0.2) is 24.3 Å². The smallest absolute Gasteiger partial charge is 0.246 e. The summed E-state index contributed by atoms with van der Waals surface area (Å²) in [5.41, 5.74) is 4.99. The van der Waals surface area contributed by atoms with Gasteiger partial charge in [0.2, 0.25) is 5.91 Å². The number of aliphatic hydroxyl groups is 1. The molecule has 1 unspecified atom stereocenters. The number of primary amides is 1. The number of hydrogen-bond acceptors (Lipinski definition) is 2. The van der Waals surface area contributed by atoms with Gasteiger partial charge in [0.25, 0.3) is 0 Å². The second-order valence-electron chi connectivity index (χ2n) is 6.28. The van der Waals surface area contributed by atoms with Gasteiger partial charge in [-0.05, 0) is 51.4 Å². The summed E-state index contributed by atoms with van der Waals surface area (Å²) in [5.74, 6) is -0.620. The maximum absolute atomic E-state index is 10.6. The molecule has 0 bridgehead atoms. The molecular weight excluding hydrogens is 286 g/mol. The lowest BCUT2D eigenvalue weighted by atomic mass is 10.1. The van der Waals surface area contributed by atoms with Crippen LogP contribution in [0, 0.1) is 0 Å². The average molecular weight is 324 g/mol. The molecule has 3 N–H and O–H groups in total. The maximum atomic E-state index is 10.6. The van der Waals surface area contributed by atoms with Gasteiger partial charge < -0.3 is 10.8 Å². The van der Waals surface area contributed by atoms with Crippen molar-refractivity contribution >= 4 is 5.91 Å². The lowest BCUT2D eigenvalue weighted by Crippen LogP contribution is -2.27. The Labute approximate surface area is 143 Å². The zero-order valence-corrected chi connectivity index (χ0v) is 15.0. The van der Waals surface area contributed by atoms with Gasteiger partial charge in [0.1, 0.15) is 6.10 Å². The Morgan fingerprint density at radius 2 is 1.26 bits per heavy atom. The molecule has 0 fully saturated rings.